The van der Waals surface area contributed by atoms with Crippen LogP contribution in [0.1, 0.15) is 44.0 Å². The lowest BCUT2D eigenvalue weighted by molar-refractivity contribution is -0.122. The number of aromatic nitrogens is 1. The van der Waals surface area contributed by atoms with Crippen LogP contribution in [0.4, 0.5) is 0 Å². The van der Waals surface area contributed by atoms with Crippen molar-refractivity contribution in [1.82, 2.24) is 9.88 Å². The zero-order valence-corrected chi connectivity index (χ0v) is 14.7. The summed E-state index contributed by atoms with van der Waals surface area (Å²) in [4.78, 5) is 24.2. The van der Waals surface area contributed by atoms with E-state index >= 15 is 0 Å². The predicted octanol–water partition coefficient (Wildman–Crippen LogP) is 3.51. The van der Waals surface area contributed by atoms with Crippen molar-refractivity contribution in [3.05, 3.63) is 56.6 Å². The lowest BCUT2D eigenvalue weighted by atomic mass is 9.89. The minimum Gasteiger partial charge on any atom is -0.347 e. The zero-order valence-electron chi connectivity index (χ0n) is 13.9. The molecule has 1 amide bonds. The molecule has 0 spiro atoms. The average Bonchev–Trinajstić information content (AvgIpc) is 2.87. The van der Waals surface area contributed by atoms with Gasteiger partial charge >= 0.3 is 4.87 Å². The van der Waals surface area contributed by atoms with E-state index < -0.39 is 0 Å². The number of amides is 1. The number of benzene rings is 1. The molecule has 1 aromatic heterocycles. The molecule has 0 saturated heterocycles. The normalized spacial score (nSPS) is 12.3. The molecule has 0 radical (unpaired) electrons. The van der Waals surface area contributed by atoms with Gasteiger partial charge in [0.2, 0.25) is 5.91 Å². The molecule has 0 aliphatic carbocycles. The van der Waals surface area contributed by atoms with Gasteiger partial charge in [-0.3, -0.25) is 14.2 Å². The third kappa shape index (κ3) is 4.32. The van der Waals surface area contributed by atoms with E-state index in [0.717, 1.165) is 35.4 Å². The molecule has 0 bridgehead atoms. The second-order valence-corrected chi connectivity index (χ2v) is 6.58. The minimum atomic E-state index is -0.116. The molecule has 1 atom stereocenters. The van der Waals surface area contributed by atoms with Gasteiger partial charge in [-0.2, -0.15) is 0 Å². The Morgan fingerprint density at radius 1 is 1.22 bits per heavy atom. The number of carbonyl (C=O) groups is 1. The summed E-state index contributed by atoms with van der Waals surface area (Å²) >= 11 is 1.13. The fourth-order valence-corrected chi connectivity index (χ4v) is 3.59. The average molecular weight is 332 g/mol. The SMILES string of the molecule is CCC(CC)C(NC(=O)Cn1c(C)csc1=O)c1ccccc1. The van der Waals surface area contributed by atoms with Crippen molar-refractivity contribution in [3.8, 4) is 0 Å². The van der Waals surface area contributed by atoms with Crippen LogP contribution in [0.3, 0.4) is 0 Å². The second kappa shape index (κ2) is 8.11. The maximum Gasteiger partial charge on any atom is 0.307 e. The molecule has 23 heavy (non-hydrogen) atoms. The number of carbonyl (C=O) groups excluding carboxylic acids is 1. The zero-order chi connectivity index (χ0) is 16.8. The minimum absolute atomic E-state index is 0.0201. The van der Waals surface area contributed by atoms with Gasteiger partial charge in [0.1, 0.15) is 6.54 Å². The second-order valence-electron chi connectivity index (χ2n) is 5.76. The van der Waals surface area contributed by atoms with Crippen LogP contribution in [0.25, 0.3) is 0 Å². The Labute approximate surface area is 141 Å². The van der Waals surface area contributed by atoms with Crippen LogP contribution in [0.2, 0.25) is 0 Å². The Balaban J connectivity index is 2.17. The van der Waals surface area contributed by atoms with Crippen LogP contribution in [0, 0.1) is 12.8 Å². The Morgan fingerprint density at radius 3 is 2.39 bits per heavy atom. The largest absolute Gasteiger partial charge is 0.347 e. The van der Waals surface area contributed by atoms with E-state index in [9.17, 15) is 9.59 Å². The number of hydrogen-bond acceptors (Lipinski definition) is 3. The van der Waals surface area contributed by atoms with Gasteiger partial charge in [0.15, 0.2) is 0 Å². The summed E-state index contributed by atoms with van der Waals surface area (Å²) in [5.74, 6) is 0.260. The fraction of sp³-hybridized carbons (Fsp3) is 0.444. The molecule has 1 N–H and O–H groups in total. The van der Waals surface area contributed by atoms with Gasteiger partial charge in [-0.1, -0.05) is 68.4 Å². The van der Waals surface area contributed by atoms with Crippen molar-refractivity contribution in [1.29, 1.82) is 0 Å². The van der Waals surface area contributed by atoms with E-state index in [0.29, 0.717) is 5.92 Å². The van der Waals surface area contributed by atoms with Gasteiger partial charge in [-0.15, -0.1) is 0 Å². The Morgan fingerprint density at radius 2 is 1.87 bits per heavy atom. The van der Waals surface area contributed by atoms with Crippen LogP contribution in [0.15, 0.2) is 40.5 Å². The van der Waals surface area contributed by atoms with Gasteiger partial charge in [-0.05, 0) is 18.4 Å². The molecule has 2 aromatic rings. The van der Waals surface area contributed by atoms with Crippen LogP contribution in [0.5, 0.6) is 0 Å². The molecule has 124 valence electrons. The monoisotopic (exact) mass is 332 g/mol. The molecule has 1 aromatic carbocycles. The van der Waals surface area contributed by atoms with E-state index in [1.54, 1.807) is 5.38 Å². The van der Waals surface area contributed by atoms with E-state index in [1.807, 2.05) is 37.3 Å². The molecule has 0 fully saturated rings. The molecular weight excluding hydrogens is 308 g/mol. The number of nitrogens with one attached hydrogen (secondary N) is 1. The van der Waals surface area contributed by atoms with Crippen molar-refractivity contribution in [3.63, 3.8) is 0 Å². The van der Waals surface area contributed by atoms with Gasteiger partial charge in [0, 0.05) is 11.1 Å². The first-order valence-corrected chi connectivity index (χ1v) is 8.94. The summed E-state index contributed by atoms with van der Waals surface area (Å²) < 4.78 is 1.52. The van der Waals surface area contributed by atoms with Crippen LogP contribution < -0.4 is 10.2 Å². The predicted molar refractivity (Wildman–Crippen MR) is 94.7 cm³/mol. The van der Waals surface area contributed by atoms with Crippen molar-refractivity contribution in [2.45, 2.75) is 46.2 Å². The lowest BCUT2D eigenvalue weighted by Crippen LogP contribution is -2.37. The van der Waals surface area contributed by atoms with E-state index in [-0.39, 0.29) is 23.4 Å². The maximum atomic E-state index is 12.5. The molecule has 1 unspecified atom stereocenters. The van der Waals surface area contributed by atoms with Crippen LogP contribution in [-0.2, 0) is 11.3 Å². The summed E-state index contributed by atoms with van der Waals surface area (Å²) in [5, 5.41) is 4.92. The van der Waals surface area contributed by atoms with Gasteiger partial charge in [0.05, 0.1) is 6.04 Å². The highest BCUT2D eigenvalue weighted by Gasteiger charge is 2.22. The standard InChI is InChI=1S/C18H24N2O2S/c1-4-14(5-2)17(15-9-7-6-8-10-15)19-16(21)11-20-13(3)12-23-18(20)22/h6-10,12,14,17H,4-5,11H2,1-3H3,(H,19,21). The molecule has 2 rings (SSSR count). The third-order valence-corrected chi connectivity index (χ3v) is 5.15. The summed E-state index contributed by atoms with van der Waals surface area (Å²) in [7, 11) is 0. The molecular formula is C18H24N2O2S. The van der Waals surface area contributed by atoms with E-state index in [1.165, 1.54) is 4.57 Å². The van der Waals surface area contributed by atoms with Crippen molar-refractivity contribution in [2.75, 3.05) is 0 Å². The highest BCUT2D eigenvalue weighted by Crippen LogP contribution is 2.27. The fourth-order valence-electron chi connectivity index (χ4n) is 2.85. The number of rotatable bonds is 7. The maximum absolute atomic E-state index is 12.5. The summed E-state index contributed by atoms with van der Waals surface area (Å²) in [6.45, 7) is 6.21. The smallest absolute Gasteiger partial charge is 0.307 e. The molecule has 0 saturated carbocycles. The highest BCUT2D eigenvalue weighted by molar-refractivity contribution is 7.07. The van der Waals surface area contributed by atoms with Gasteiger partial charge in [-0.25, -0.2) is 0 Å². The molecule has 0 aliphatic rings. The summed E-state index contributed by atoms with van der Waals surface area (Å²) in [5.41, 5.74) is 1.94. The van der Waals surface area contributed by atoms with Crippen molar-refractivity contribution < 1.29 is 4.79 Å². The lowest BCUT2D eigenvalue weighted by Gasteiger charge is -2.27. The number of thiazole rings is 1. The quantitative estimate of drug-likeness (QED) is 0.843. The Kier molecular flexibility index (Phi) is 6.16. The number of aryl methyl sites for hydroxylation is 1. The summed E-state index contributed by atoms with van der Waals surface area (Å²) in [6, 6.07) is 10.0. The topological polar surface area (TPSA) is 51.1 Å². The van der Waals surface area contributed by atoms with Crippen molar-refractivity contribution in [2.24, 2.45) is 5.92 Å². The van der Waals surface area contributed by atoms with Gasteiger partial charge < -0.3 is 5.32 Å². The molecule has 4 nitrogen and oxygen atoms in total. The van der Waals surface area contributed by atoms with Crippen molar-refractivity contribution >= 4 is 17.2 Å². The first-order valence-electron chi connectivity index (χ1n) is 8.06. The van der Waals surface area contributed by atoms with Crippen LogP contribution >= 0.6 is 11.3 Å². The molecule has 1 heterocycles. The first kappa shape index (κ1) is 17.5. The Hall–Kier alpha value is -1.88. The first-order chi connectivity index (χ1) is 11.1. The van der Waals surface area contributed by atoms with Gasteiger partial charge in [0.25, 0.3) is 0 Å². The number of nitrogens with zero attached hydrogens (tertiary/aromatic N) is 1. The highest BCUT2D eigenvalue weighted by atomic mass is 32.1. The van der Waals surface area contributed by atoms with E-state index in [4.69, 9.17) is 0 Å². The Bertz CT molecular complexity index is 687. The number of hydrogen-bond donors (Lipinski definition) is 1. The summed E-state index contributed by atoms with van der Waals surface area (Å²) in [6.07, 6.45) is 1.99. The molecule has 0 aliphatic heterocycles. The van der Waals surface area contributed by atoms with Crippen LogP contribution in [-0.4, -0.2) is 10.5 Å². The molecule has 5 heteroatoms. The third-order valence-electron chi connectivity index (χ3n) is 4.27. The van der Waals surface area contributed by atoms with E-state index in [2.05, 4.69) is 19.2 Å².